The summed E-state index contributed by atoms with van der Waals surface area (Å²) in [5, 5.41) is 4.63. The molecule has 3 N–H and O–H groups in total. The Morgan fingerprint density at radius 3 is 3.00 bits per heavy atom. The summed E-state index contributed by atoms with van der Waals surface area (Å²) in [7, 11) is 0. The van der Waals surface area contributed by atoms with Crippen molar-refractivity contribution in [1.82, 2.24) is 5.32 Å². The summed E-state index contributed by atoms with van der Waals surface area (Å²) in [5.74, 6) is 0.362. The topological polar surface area (TPSA) is 67.5 Å². The fourth-order valence-electron chi connectivity index (χ4n) is 1.13. The van der Waals surface area contributed by atoms with Gasteiger partial charge in [0.1, 0.15) is 0 Å². The van der Waals surface area contributed by atoms with Crippen LogP contribution in [0.15, 0.2) is 4.99 Å². The molecule has 0 bridgehead atoms. The van der Waals surface area contributed by atoms with E-state index in [4.69, 9.17) is 5.73 Å². The number of aliphatic imine (C=N–C) groups is 1. The number of carbonyl (C=O) groups is 1. The van der Waals surface area contributed by atoms with Gasteiger partial charge in [-0.15, -0.1) is 0 Å². The number of rotatable bonds is 4. The summed E-state index contributed by atoms with van der Waals surface area (Å²) in [4.78, 5) is 14.8. The Kier molecular flexibility index (Phi) is 4.25. The van der Waals surface area contributed by atoms with E-state index in [-0.39, 0.29) is 5.91 Å². The van der Waals surface area contributed by atoms with Gasteiger partial charge in [-0.25, -0.2) is 0 Å². The van der Waals surface area contributed by atoms with Crippen LogP contribution in [0.2, 0.25) is 0 Å². The largest absolute Gasteiger partial charge is 0.370 e. The van der Waals surface area contributed by atoms with Crippen molar-refractivity contribution in [3.63, 3.8) is 0 Å². The number of nitrogens with zero attached hydrogens (tertiary/aromatic N) is 1. The van der Waals surface area contributed by atoms with E-state index in [1.54, 1.807) is 11.8 Å². The maximum Gasteiger partial charge on any atom is 0.219 e. The third-order valence-electron chi connectivity index (χ3n) is 2.07. The highest BCUT2D eigenvalue weighted by Crippen LogP contribution is 2.25. The van der Waals surface area contributed by atoms with Gasteiger partial charge in [0.25, 0.3) is 0 Å². The first-order chi connectivity index (χ1) is 6.59. The zero-order valence-electron chi connectivity index (χ0n) is 8.62. The Morgan fingerprint density at radius 2 is 2.50 bits per heavy atom. The molecule has 0 saturated heterocycles. The molecule has 0 saturated carbocycles. The number of thioether (sulfide) groups is 1. The lowest BCUT2D eigenvalue weighted by Crippen LogP contribution is -2.25. The minimum atomic E-state index is -0.276. The van der Waals surface area contributed by atoms with Crippen molar-refractivity contribution in [2.24, 2.45) is 16.6 Å². The van der Waals surface area contributed by atoms with Gasteiger partial charge >= 0.3 is 0 Å². The summed E-state index contributed by atoms with van der Waals surface area (Å²) >= 11 is 1.76. The van der Waals surface area contributed by atoms with Crippen LogP contribution in [0.5, 0.6) is 0 Å². The molecular weight excluding hydrogens is 198 g/mol. The highest BCUT2D eigenvalue weighted by Gasteiger charge is 2.21. The molecular formula is C9H17N3OS. The standard InChI is InChI=1S/C9H17N3OS/c1-6(2)7-5-12-9(14-7)11-4-3-8(10)13/h6-7H,3-5H2,1-2H3,(H2,10,13)(H,11,12). The lowest BCUT2D eigenvalue weighted by Gasteiger charge is -2.11. The van der Waals surface area contributed by atoms with Crippen molar-refractivity contribution in [2.75, 3.05) is 13.1 Å². The van der Waals surface area contributed by atoms with Gasteiger partial charge in [0.2, 0.25) is 5.91 Å². The number of hydrogen-bond acceptors (Lipinski definition) is 4. The lowest BCUT2D eigenvalue weighted by atomic mass is 10.1. The average Bonchev–Trinajstić information content (AvgIpc) is 2.52. The smallest absolute Gasteiger partial charge is 0.219 e. The predicted molar refractivity (Wildman–Crippen MR) is 60.3 cm³/mol. The Balaban J connectivity index is 2.19. The highest BCUT2D eigenvalue weighted by molar-refractivity contribution is 8.14. The normalized spacial score (nSPS) is 21.1. The van der Waals surface area contributed by atoms with Crippen LogP contribution in [0, 0.1) is 5.92 Å². The number of amidine groups is 1. The quantitative estimate of drug-likeness (QED) is 0.721. The van der Waals surface area contributed by atoms with Crippen molar-refractivity contribution in [3.05, 3.63) is 0 Å². The first-order valence-electron chi connectivity index (χ1n) is 4.83. The first-order valence-corrected chi connectivity index (χ1v) is 5.71. The van der Waals surface area contributed by atoms with Crippen molar-refractivity contribution in [1.29, 1.82) is 0 Å². The molecule has 0 radical (unpaired) electrons. The third-order valence-corrected chi connectivity index (χ3v) is 3.56. The van der Waals surface area contributed by atoms with Crippen LogP contribution in [-0.2, 0) is 4.79 Å². The van der Waals surface area contributed by atoms with E-state index in [2.05, 4.69) is 24.2 Å². The molecule has 1 aliphatic rings. The lowest BCUT2D eigenvalue weighted by molar-refractivity contribution is -0.117. The molecule has 1 amide bonds. The molecule has 4 nitrogen and oxygen atoms in total. The highest BCUT2D eigenvalue weighted by atomic mass is 32.2. The molecule has 14 heavy (non-hydrogen) atoms. The van der Waals surface area contributed by atoms with Crippen molar-refractivity contribution >= 4 is 22.8 Å². The SMILES string of the molecule is CC(C)C1CN=C(NCCC(N)=O)S1. The molecule has 0 aromatic carbocycles. The molecule has 1 rings (SSSR count). The van der Waals surface area contributed by atoms with E-state index < -0.39 is 0 Å². The van der Waals surface area contributed by atoms with Crippen molar-refractivity contribution in [2.45, 2.75) is 25.5 Å². The van der Waals surface area contributed by atoms with Crippen LogP contribution in [0.4, 0.5) is 0 Å². The Morgan fingerprint density at radius 1 is 1.79 bits per heavy atom. The Bertz CT molecular complexity index is 240. The van der Waals surface area contributed by atoms with E-state index >= 15 is 0 Å². The summed E-state index contributed by atoms with van der Waals surface area (Å²) in [6.45, 7) is 5.85. The predicted octanol–water partition coefficient (Wildman–Crippen LogP) is 0.579. The summed E-state index contributed by atoms with van der Waals surface area (Å²) < 4.78 is 0. The van der Waals surface area contributed by atoms with Crippen LogP contribution in [-0.4, -0.2) is 29.4 Å². The third kappa shape index (κ3) is 3.57. The molecule has 1 heterocycles. The maximum atomic E-state index is 10.5. The first kappa shape index (κ1) is 11.4. The molecule has 1 atom stereocenters. The van der Waals surface area contributed by atoms with Gasteiger partial charge in [0.15, 0.2) is 5.17 Å². The molecule has 1 aliphatic heterocycles. The van der Waals surface area contributed by atoms with Crippen molar-refractivity contribution < 1.29 is 4.79 Å². The van der Waals surface area contributed by atoms with Gasteiger partial charge in [-0.2, -0.15) is 0 Å². The van der Waals surface area contributed by atoms with Gasteiger partial charge in [0, 0.05) is 18.2 Å². The fourth-order valence-corrected chi connectivity index (χ4v) is 2.17. The second kappa shape index (κ2) is 5.24. The van der Waals surface area contributed by atoms with Crippen LogP contribution < -0.4 is 11.1 Å². The number of nitrogens with two attached hydrogens (primary N) is 1. The number of carbonyl (C=O) groups excluding carboxylic acids is 1. The number of amides is 1. The van der Waals surface area contributed by atoms with E-state index in [9.17, 15) is 4.79 Å². The van der Waals surface area contributed by atoms with E-state index in [0.29, 0.717) is 24.1 Å². The fraction of sp³-hybridized carbons (Fsp3) is 0.778. The van der Waals surface area contributed by atoms with Crippen LogP contribution in [0.1, 0.15) is 20.3 Å². The second-order valence-corrected chi connectivity index (χ2v) is 4.92. The molecule has 5 heteroatoms. The second-order valence-electron chi connectivity index (χ2n) is 3.69. The van der Waals surface area contributed by atoms with Gasteiger partial charge in [0.05, 0.1) is 6.54 Å². The number of primary amides is 1. The molecule has 0 fully saturated rings. The van der Waals surface area contributed by atoms with Gasteiger partial charge in [-0.05, 0) is 5.92 Å². The Hall–Kier alpha value is -0.710. The zero-order chi connectivity index (χ0) is 10.6. The van der Waals surface area contributed by atoms with E-state index in [1.807, 2.05) is 0 Å². The Labute approximate surface area is 88.7 Å². The van der Waals surface area contributed by atoms with E-state index in [0.717, 1.165) is 11.7 Å². The van der Waals surface area contributed by atoms with Gasteiger partial charge in [-0.3, -0.25) is 9.79 Å². The molecule has 0 aromatic heterocycles. The number of nitrogens with one attached hydrogen (secondary N) is 1. The summed E-state index contributed by atoms with van der Waals surface area (Å²) in [6, 6.07) is 0. The monoisotopic (exact) mass is 215 g/mol. The molecule has 0 aliphatic carbocycles. The minimum absolute atomic E-state index is 0.276. The molecule has 0 aromatic rings. The summed E-state index contributed by atoms with van der Waals surface area (Å²) in [6.07, 6.45) is 0.367. The van der Waals surface area contributed by atoms with Crippen LogP contribution in [0.25, 0.3) is 0 Å². The molecule has 0 spiro atoms. The summed E-state index contributed by atoms with van der Waals surface area (Å²) in [5.41, 5.74) is 5.03. The number of hydrogen-bond donors (Lipinski definition) is 2. The minimum Gasteiger partial charge on any atom is -0.370 e. The average molecular weight is 215 g/mol. The van der Waals surface area contributed by atoms with E-state index in [1.165, 1.54) is 0 Å². The van der Waals surface area contributed by atoms with Crippen LogP contribution >= 0.6 is 11.8 Å². The molecule has 80 valence electrons. The molecule has 1 unspecified atom stereocenters. The van der Waals surface area contributed by atoms with Gasteiger partial charge in [-0.1, -0.05) is 25.6 Å². The zero-order valence-corrected chi connectivity index (χ0v) is 9.43. The van der Waals surface area contributed by atoms with Crippen LogP contribution in [0.3, 0.4) is 0 Å². The van der Waals surface area contributed by atoms with Crippen molar-refractivity contribution in [3.8, 4) is 0 Å². The van der Waals surface area contributed by atoms with Gasteiger partial charge < -0.3 is 11.1 Å². The maximum absolute atomic E-state index is 10.5.